The van der Waals surface area contributed by atoms with E-state index in [-0.39, 0.29) is 0 Å². The molecule has 0 aliphatic carbocycles. The molecule has 0 aliphatic rings. The summed E-state index contributed by atoms with van der Waals surface area (Å²) in [5.74, 6) is 0. The molecule has 0 aromatic carbocycles. The molecule has 2 unspecified atom stereocenters. The first-order chi connectivity index (χ1) is 6.52. The third-order valence-electron chi connectivity index (χ3n) is 2.13. The molecule has 0 amide bonds. The summed E-state index contributed by atoms with van der Waals surface area (Å²) in [5, 5.41) is 19.4. The summed E-state index contributed by atoms with van der Waals surface area (Å²) in [6.07, 6.45) is 8.18. The molecule has 0 saturated carbocycles. The lowest BCUT2D eigenvalue weighted by molar-refractivity contribution is 0.00467. The molecule has 0 rings (SSSR count). The van der Waals surface area contributed by atoms with Gasteiger partial charge in [0.05, 0.1) is 11.7 Å². The summed E-state index contributed by atoms with van der Waals surface area (Å²) < 4.78 is 0. The summed E-state index contributed by atoms with van der Waals surface area (Å²) in [5.41, 5.74) is -0.770. The van der Waals surface area contributed by atoms with Crippen molar-refractivity contribution >= 4 is 0 Å². The number of aliphatic hydroxyl groups is 2. The van der Waals surface area contributed by atoms with E-state index in [9.17, 15) is 10.2 Å². The standard InChI is InChI=1S/C12H23O2/c1-4-6-7-8-11(13)10-12(3,14)9-5-2/h5-7,11,13-14H,4,8-10H2,1-3H3/b7-6-. The van der Waals surface area contributed by atoms with Gasteiger partial charge in [-0.15, -0.1) is 0 Å². The van der Waals surface area contributed by atoms with E-state index >= 15 is 0 Å². The Bertz CT molecular complexity index is 162. The van der Waals surface area contributed by atoms with Crippen LogP contribution in [0, 0.1) is 6.42 Å². The minimum Gasteiger partial charge on any atom is -0.393 e. The van der Waals surface area contributed by atoms with Gasteiger partial charge in [-0.3, -0.25) is 0 Å². The van der Waals surface area contributed by atoms with Gasteiger partial charge in [0.2, 0.25) is 0 Å². The zero-order chi connectivity index (χ0) is 11.0. The van der Waals surface area contributed by atoms with Crippen LogP contribution in [0.5, 0.6) is 0 Å². The van der Waals surface area contributed by atoms with E-state index in [2.05, 4.69) is 6.92 Å². The molecule has 0 aromatic heterocycles. The molecule has 0 spiro atoms. The number of allylic oxidation sites excluding steroid dienone is 1. The normalized spacial score (nSPS) is 18.4. The Morgan fingerprint density at radius 2 is 2.00 bits per heavy atom. The van der Waals surface area contributed by atoms with Gasteiger partial charge in [0.15, 0.2) is 0 Å². The molecule has 0 aliphatic heterocycles. The van der Waals surface area contributed by atoms with Crippen molar-refractivity contribution in [1.82, 2.24) is 0 Å². The summed E-state index contributed by atoms with van der Waals surface area (Å²) in [4.78, 5) is 0. The molecule has 2 atom stereocenters. The van der Waals surface area contributed by atoms with Crippen molar-refractivity contribution in [3.63, 3.8) is 0 Å². The van der Waals surface area contributed by atoms with Crippen LogP contribution in [0.4, 0.5) is 0 Å². The zero-order valence-electron chi connectivity index (χ0n) is 9.53. The average molecular weight is 199 g/mol. The fraction of sp³-hybridized carbons (Fsp3) is 0.750. The van der Waals surface area contributed by atoms with Crippen LogP contribution in [-0.2, 0) is 0 Å². The van der Waals surface area contributed by atoms with Crippen LogP contribution in [0.25, 0.3) is 0 Å². The van der Waals surface area contributed by atoms with Crippen molar-refractivity contribution in [2.24, 2.45) is 0 Å². The van der Waals surface area contributed by atoms with Gasteiger partial charge in [0.25, 0.3) is 0 Å². The van der Waals surface area contributed by atoms with Gasteiger partial charge in [-0.05, 0) is 32.6 Å². The summed E-state index contributed by atoms with van der Waals surface area (Å²) in [6, 6.07) is 0. The molecule has 0 fully saturated rings. The highest BCUT2D eigenvalue weighted by molar-refractivity contribution is 4.87. The lowest BCUT2D eigenvalue weighted by atomic mass is 9.92. The Hall–Kier alpha value is -0.340. The highest BCUT2D eigenvalue weighted by Crippen LogP contribution is 2.19. The van der Waals surface area contributed by atoms with Gasteiger partial charge in [-0.2, -0.15) is 0 Å². The molecule has 2 heteroatoms. The Balaban J connectivity index is 3.79. The SMILES string of the molecule is C[CH]CC(C)(O)CC(O)C/C=C\CC. The van der Waals surface area contributed by atoms with Crippen LogP contribution in [0.15, 0.2) is 12.2 Å². The Kier molecular flexibility index (Phi) is 6.85. The minimum atomic E-state index is -0.770. The fourth-order valence-electron chi connectivity index (χ4n) is 1.53. The molecule has 0 aromatic rings. The van der Waals surface area contributed by atoms with Crippen molar-refractivity contribution in [1.29, 1.82) is 0 Å². The molecular formula is C12H23O2. The second kappa shape index (κ2) is 7.02. The number of hydrogen-bond donors (Lipinski definition) is 2. The van der Waals surface area contributed by atoms with E-state index in [1.807, 2.05) is 25.5 Å². The highest BCUT2D eigenvalue weighted by atomic mass is 16.3. The maximum atomic E-state index is 9.83. The van der Waals surface area contributed by atoms with Crippen LogP contribution in [0.3, 0.4) is 0 Å². The van der Waals surface area contributed by atoms with Crippen LogP contribution >= 0.6 is 0 Å². The number of rotatable bonds is 7. The van der Waals surface area contributed by atoms with Crippen molar-refractivity contribution in [3.8, 4) is 0 Å². The molecule has 0 bridgehead atoms. The zero-order valence-corrected chi connectivity index (χ0v) is 9.53. The Morgan fingerprint density at radius 1 is 1.36 bits per heavy atom. The first-order valence-corrected chi connectivity index (χ1v) is 5.35. The monoisotopic (exact) mass is 199 g/mol. The van der Waals surface area contributed by atoms with E-state index in [1.165, 1.54) is 0 Å². The molecule has 0 saturated heterocycles. The first-order valence-electron chi connectivity index (χ1n) is 5.35. The molecular weight excluding hydrogens is 176 g/mol. The molecule has 0 heterocycles. The number of aliphatic hydroxyl groups excluding tert-OH is 1. The maximum absolute atomic E-state index is 9.83. The predicted molar refractivity (Wildman–Crippen MR) is 59.9 cm³/mol. The van der Waals surface area contributed by atoms with Crippen molar-refractivity contribution < 1.29 is 10.2 Å². The van der Waals surface area contributed by atoms with Gasteiger partial charge in [0, 0.05) is 6.42 Å². The largest absolute Gasteiger partial charge is 0.393 e. The lowest BCUT2D eigenvalue weighted by Crippen LogP contribution is -2.29. The van der Waals surface area contributed by atoms with E-state index in [1.54, 1.807) is 6.92 Å². The molecule has 83 valence electrons. The molecule has 1 radical (unpaired) electrons. The summed E-state index contributed by atoms with van der Waals surface area (Å²) >= 11 is 0. The highest BCUT2D eigenvalue weighted by Gasteiger charge is 2.22. The Labute approximate surface area is 87.7 Å². The Morgan fingerprint density at radius 3 is 2.50 bits per heavy atom. The molecule has 2 N–H and O–H groups in total. The third-order valence-corrected chi connectivity index (χ3v) is 2.13. The second-order valence-electron chi connectivity index (χ2n) is 4.08. The minimum absolute atomic E-state index is 0.436. The van der Waals surface area contributed by atoms with Crippen LogP contribution < -0.4 is 0 Å². The lowest BCUT2D eigenvalue weighted by Gasteiger charge is -2.24. The average Bonchev–Trinajstić information content (AvgIpc) is 2.03. The smallest absolute Gasteiger partial charge is 0.0647 e. The van der Waals surface area contributed by atoms with Crippen LogP contribution in [0.2, 0.25) is 0 Å². The molecule has 14 heavy (non-hydrogen) atoms. The second-order valence-corrected chi connectivity index (χ2v) is 4.08. The van der Waals surface area contributed by atoms with Crippen molar-refractivity contribution in [2.45, 2.75) is 58.2 Å². The van der Waals surface area contributed by atoms with Crippen LogP contribution in [-0.4, -0.2) is 21.9 Å². The van der Waals surface area contributed by atoms with E-state index in [0.29, 0.717) is 19.3 Å². The van der Waals surface area contributed by atoms with Crippen LogP contribution in [0.1, 0.15) is 46.5 Å². The maximum Gasteiger partial charge on any atom is 0.0647 e. The molecule has 2 nitrogen and oxygen atoms in total. The predicted octanol–water partition coefficient (Wildman–Crippen LogP) is 2.46. The quantitative estimate of drug-likeness (QED) is 0.618. The van der Waals surface area contributed by atoms with E-state index in [0.717, 1.165) is 6.42 Å². The summed E-state index contributed by atoms with van der Waals surface area (Å²) in [7, 11) is 0. The van der Waals surface area contributed by atoms with Crippen molar-refractivity contribution in [3.05, 3.63) is 18.6 Å². The van der Waals surface area contributed by atoms with E-state index in [4.69, 9.17) is 0 Å². The van der Waals surface area contributed by atoms with Gasteiger partial charge in [-0.1, -0.05) is 26.0 Å². The fourth-order valence-corrected chi connectivity index (χ4v) is 1.53. The van der Waals surface area contributed by atoms with Crippen molar-refractivity contribution in [2.75, 3.05) is 0 Å². The van der Waals surface area contributed by atoms with Gasteiger partial charge in [0.1, 0.15) is 0 Å². The third kappa shape index (κ3) is 7.10. The van der Waals surface area contributed by atoms with Gasteiger partial charge in [-0.25, -0.2) is 0 Å². The first kappa shape index (κ1) is 13.7. The summed E-state index contributed by atoms with van der Waals surface area (Å²) in [6.45, 7) is 5.74. The topological polar surface area (TPSA) is 40.5 Å². The van der Waals surface area contributed by atoms with E-state index < -0.39 is 11.7 Å². The number of hydrogen-bond acceptors (Lipinski definition) is 2. The van der Waals surface area contributed by atoms with Gasteiger partial charge < -0.3 is 10.2 Å². The van der Waals surface area contributed by atoms with Gasteiger partial charge >= 0.3 is 0 Å².